The largest absolute Gasteiger partial charge is 0.455 e. The highest BCUT2D eigenvalue weighted by Crippen LogP contribution is 2.25. The van der Waals surface area contributed by atoms with Gasteiger partial charge in [0.2, 0.25) is 0 Å². The second-order valence-corrected chi connectivity index (χ2v) is 9.82. The Morgan fingerprint density at radius 1 is 1.11 bits per heavy atom. The van der Waals surface area contributed by atoms with Gasteiger partial charge in [-0.05, 0) is 55.5 Å². The number of ketones is 1. The van der Waals surface area contributed by atoms with Crippen LogP contribution in [0.2, 0.25) is 4.34 Å². The summed E-state index contributed by atoms with van der Waals surface area (Å²) in [7, 11) is 1.31. The van der Waals surface area contributed by atoms with Crippen LogP contribution in [-0.4, -0.2) is 57.4 Å². The minimum atomic E-state index is -0.693. The van der Waals surface area contributed by atoms with Crippen LogP contribution in [0.1, 0.15) is 61.7 Å². The fraction of sp³-hybridized carbons (Fsp3) is 0.500. The Labute approximate surface area is 222 Å². The van der Waals surface area contributed by atoms with E-state index in [1.54, 1.807) is 12.1 Å². The van der Waals surface area contributed by atoms with Crippen LogP contribution in [0.5, 0.6) is 0 Å². The summed E-state index contributed by atoms with van der Waals surface area (Å²) < 4.78 is 15.7. The zero-order valence-corrected chi connectivity index (χ0v) is 23.2. The normalized spacial score (nSPS) is 12.1. The number of anilines is 1. The quantitative estimate of drug-likeness (QED) is 0.273. The Bertz CT molecular complexity index is 950. The molecule has 0 fully saturated rings. The van der Waals surface area contributed by atoms with Crippen molar-refractivity contribution in [3.05, 3.63) is 51.2 Å². The van der Waals surface area contributed by atoms with Crippen LogP contribution in [0.25, 0.3) is 0 Å². The summed E-state index contributed by atoms with van der Waals surface area (Å²) in [4.78, 5) is 36.6. The molecule has 0 radical (unpaired) electrons. The smallest absolute Gasteiger partial charge is 0.414 e. The molecule has 36 heavy (non-hydrogen) atoms. The Morgan fingerprint density at radius 3 is 2.25 bits per heavy atom. The second-order valence-electron chi connectivity index (χ2n) is 8.10. The van der Waals surface area contributed by atoms with E-state index >= 15 is 0 Å². The molecule has 0 saturated carbocycles. The standard InChI is InChI=1S/C20H25ClN2O4S.C6H12O2/c1-4-13(2)14-5-7-15(8-6-14)23(20(25)26-3)12-16(11-22)27-19(24)17-9-10-18(21)28-17;1-3-4-8-5-6(2)7/h5-10,13,16H,4,11-12,22H2,1-3H3;3-5H2,1-2H3. The maximum atomic E-state index is 12.3. The highest BCUT2D eigenvalue weighted by Gasteiger charge is 2.24. The summed E-state index contributed by atoms with van der Waals surface area (Å²) in [5, 5.41) is 0. The number of ether oxygens (including phenoxy) is 3. The van der Waals surface area contributed by atoms with E-state index in [2.05, 4.69) is 13.8 Å². The number of thiophene rings is 1. The number of amides is 1. The molecule has 1 amide bonds. The molecule has 0 bridgehead atoms. The maximum Gasteiger partial charge on any atom is 0.414 e. The van der Waals surface area contributed by atoms with Gasteiger partial charge in [-0.15, -0.1) is 11.3 Å². The van der Waals surface area contributed by atoms with Crippen molar-refractivity contribution in [1.82, 2.24) is 0 Å². The number of methoxy groups -OCH3 is 1. The molecule has 10 heteroatoms. The van der Waals surface area contributed by atoms with E-state index in [4.69, 9.17) is 31.5 Å². The van der Waals surface area contributed by atoms with Crippen molar-refractivity contribution >= 4 is 46.5 Å². The first-order valence-electron chi connectivity index (χ1n) is 11.9. The molecule has 2 atom stereocenters. The van der Waals surface area contributed by atoms with Gasteiger partial charge in [0.1, 0.15) is 17.6 Å². The molecule has 2 unspecified atom stereocenters. The lowest BCUT2D eigenvalue weighted by Crippen LogP contribution is -2.42. The molecule has 1 aromatic carbocycles. The molecule has 0 spiro atoms. The summed E-state index contributed by atoms with van der Waals surface area (Å²) in [5.41, 5.74) is 7.61. The summed E-state index contributed by atoms with van der Waals surface area (Å²) in [5.74, 6) is -0.00118. The molecular formula is C26H37ClN2O6S. The molecule has 0 aliphatic rings. The minimum Gasteiger partial charge on any atom is -0.455 e. The van der Waals surface area contributed by atoms with E-state index in [9.17, 15) is 14.4 Å². The highest BCUT2D eigenvalue weighted by molar-refractivity contribution is 7.17. The Kier molecular flexibility index (Phi) is 15.0. The average molecular weight is 541 g/mol. The number of rotatable bonds is 12. The zero-order valence-electron chi connectivity index (χ0n) is 21.6. The molecule has 2 rings (SSSR count). The van der Waals surface area contributed by atoms with Crippen LogP contribution in [0.3, 0.4) is 0 Å². The molecule has 0 aliphatic carbocycles. The molecule has 8 nitrogen and oxygen atoms in total. The van der Waals surface area contributed by atoms with Crippen molar-refractivity contribution in [2.75, 3.05) is 38.3 Å². The zero-order chi connectivity index (χ0) is 27.1. The van der Waals surface area contributed by atoms with Gasteiger partial charge in [-0.25, -0.2) is 9.59 Å². The van der Waals surface area contributed by atoms with Crippen molar-refractivity contribution in [2.24, 2.45) is 5.73 Å². The first-order chi connectivity index (χ1) is 17.2. The van der Waals surface area contributed by atoms with Crippen molar-refractivity contribution in [3.8, 4) is 0 Å². The third kappa shape index (κ3) is 11.1. The summed E-state index contributed by atoms with van der Waals surface area (Å²) in [6, 6.07) is 10.9. The van der Waals surface area contributed by atoms with Gasteiger partial charge in [-0.3, -0.25) is 9.69 Å². The van der Waals surface area contributed by atoms with Gasteiger partial charge in [0.15, 0.2) is 5.78 Å². The Hall–Kier alpha value is -2.46. The highest BCUT2D eigenvalue weighted by atomic mass is 35.5. The number of nitrogens with two attached hydrogens (primary N) is 1. The molecule has 2 N–H and O–H groups in total. The molecule has 2 aromatic rings. The third-order valence-corrected chi connectivity index (χ3v) is 6.34. The van der Waals surface area contributed by atoms with Crippen LogP contribution in [0.15, 0.2) is 36.4 Å². The number of halogens is 1. The van der Waals surface area contributed by atoms with E-state index in [0.29, 0.717) is 27.4 Å². The molecule has 0 aliphatic heterocycles. The van der Waals surface area contributed by atoms with Gasteiger partial charge in [-0.1, -0.05) is 44.5 Å². The maximum absolute atomic E-state index is 12.3. The van der Waals surface area contributed by atoms with Crippen LogP contribution in [0, 0.1) is 0 Å². The van der Waals surface area contributed by atoms with Gasteiger partial charge in [0.05, 0.1) is 18.0 Å². The Morgan fingerprint density at radius 2 is 1.78 bits per heavy atom. The Balaban J connectivity index is 0.000000697. The first kappa shape index (κ1) is 31.6. The van der Waals surface area contributed by atoms with E-state index in [1.807, 2.05) is 31.2 Å². The molecule has 200 valence electrons. The van der Waals surface area contributed by atoms with E-state index < -0.39 is 18.2 Å². The molecule has 0 saturated heterocycles. The molecule has 1 aromatic heterocycles. The van der Waals surface area contributed by atoms with Crippen molar-refractivity contribution in [1.29, 1.82) is 0 Å². The van der Waals surface area contributed by atoms with Crippen molar-refractivity contribution in [3.63, 3.8) is 0 Å². The van der Waals surface area contributed by atoms with Crippen LogP contribution < -0.4 is 10.6 Å². The summed E-state index contributed by atoms with van der Waals surface area (Å²) >= 11 is 6.99. The van der Waals surface area contributed by atoms with Crippen molar-refractivity contribution < 1.29 is 28.6 Å². The lowest BCUT2D eigenvalue weighted by molar-refractivity contribution is -0.121. The van der Waals surface area contributed by atoms with Gasteiger partial charge < -0.3 is 19.9 Å². The summed E-state index contributed by atoms with van der Waals surface area (Å²) in [6.45, 7) is 8.91. The number of Topliss-reactive ketones (excluding diaryl/α,β-unsaturated/α-hetero) is 1. The van der Waals surface area contributed by atoms with E-state index in [-0.39, 0.29) is 25.5 Å². The van der Waals surface area contributed by atoms with Crippen LogP contribution >= 0.6 is 22.9 Å². The summed E-state index contributed by atoms with van der Waals surface area (Å²) in [6.07, 6.45) is 0.761. The fourth-order valence-electron chi connectivity index (χ4n) is 2.97. The van der Waals surface area contributed by atoms with Crippen molar-refractivity contribution in [2.45, 2.75) is 52.6 Å². The number of benzene rings is 1. The van der Waals surface area contributed by atoms with Crippen LogP contribution in [-0.2, 0) is 19.0 Å². The van der Waals surface area contributed by atoms with Gasteiger partial charge in [0.25, 0.3) is 0 Å². The monoisotopic (exact) mass is 540 g/mol. The van der Waals surface area contributed by atoms with E-state index in [1.165, 1.54) is 24.5 Å². The average Bonchev–Trinajstić information content (AvgIpc) is 3.32. The topological polar surface area (TPSA) is 108 Å². The lowest BCUT2D eigenvalue weighted by atomic mass is 9.98. The lowest BCUT2D eigenvalue weighted by Gasteiger charge is -2.26. The molecule has 1 heterocycles. The predicted molar refractivity (Wildman–Crippen MR) is 144 cm³/mol. The predicted octanol–water partition coefficient (Wildman–Crippen LogP) is 5.67. The fourth-order valence-corrected chi connectivity index (χ4v) is 3.90. The van der Waals surface area contributed by atoms with Gasteiger partial charge >= 0.3 is 12.1 Å². The number of esters is 1. The SMILES string of the molecule is CCC(C)c1ccc(N(CC(CN)OC(=O)c2ccc(Cl)s2)C(=O)OC)cc1.CCCOCC(C)=O. The number of carbonyl (C=O) groups excluding carboxylic acids is 3. The minimum absolute atomic E-state index is 0.0588. The first-order valence-corrected chi connectivity index (χ1v) is 13.0. The van der Waals surface area contributed by atoms with Gasteiger partial charge in [0, 0.05) is 18.8 Å². The number of carbonyl (C=O) groups is 3. The van der Waals surface area contributed by atoms with E-state index in [0.717, 1.165) is 24.2 Å². The number of hydrogen-bond acceptors (Lipinski definition) is 8. The second kappa shape index (κ2) is 17.1. The number of nitrogens with zero attached hydrogens (tertiary/aromatic N) is 1. The number of hydrogen-bond donors (Lipinski definition) is 1. The molecular weight excluding hydrogens is 504 g/mol. The van der Waals surface area contributed by atoms with Gasteiger partial charge in [-0.2, -0.15) is 0 Å². The van der Waals surface area contributed by atoms with Crippen LogP contribution in [0.4, 0.5) is 10.5 Å². The third-order valence-electron chi connectivity index (χ3n) is 5.13.